The highest BCUT2D eigenvalue weighted by molar-refractivity contribution is 7.84. The molecule has 0 radical (unpaired) electrons. The largest absolute Gasteiger partial charge is 0.338 e. The number of aromatic nitrogens is 1. The number of pyridine rings is 1. The molecular weight excluding hydrogens is 284 g/mol. The molecule has 112 valence electrons. The van der Waals surface area contributed by atoms with E-state index in [0.29, 0.717) is 11.3 Å². The van der Waals surface area contributed by atoms with E-state index in [-0.39, 0.29) is 11.9 Å². The zero-order valence-corrected chi connectivity index (χ0v) is 13.6. The van der Waals surface area contributed by atoms with Crippen molar-refractivity contribution in [2.45, 2.75) is 19.9 Å². The van der Waals surface area contributed by atoms with Gasteiger partial charge in [0.2, 0.25) is 0 Å². The first kappa shape index (κ1) is 15.6. The van der Waals surface area contributed by atoms with Crippen molar-refractivity contribution in [2.24, 2.45) is 0 Å². The quantitative estimate of drug-likeness (QED) is 0.871. The summed E-state index contributed by atoms with van der Waals surface area (Å²) in [4.78, 5) is 18.6. The number of fused-ring (bicyclic) bond motifs is 1. The van der Waals surface area contributed by atoms with Crippen molar-refractivity contribution >= 4 is 27.6 Å². The number of hydrogen-bond donors (Lipinski definition) is 0. The molecule has 0 saturated heterocycles. The lowest BCUT2D eigenvalue weighted by molar-refractivity contribution is 0.0757. The number of carbonyl (C=O) groups is 1. The minimum atomic E-state index is -0.918. The number of carbonyl (C=O) groups excluding carboxylic acids is 1. The first-order chi connectivity index (χ1) is 9.88. The Morgan fingerprint density at radius 1 is 1.33 bits per heavy atom. The molecule has 1 heterocycles. The standard InChI is InChI=1S/C16H20N2O2S/c1-11-5-6-13-9-14(7-8-15(13)17-11)16(19)18(3)12(2)10-21(4)20/h5-9,12H,10H2,1-4H3/t12-,21+/m1/s1. The molecule has 0 saturated carbocycles. The summed E-state index contributed by atoms with van der Waals surface area (Å²) in [5.41, 5.74) is 2.47. The molecule has 0 unspecified atom stereocenters. The maximum Gasteiger partial charge on any atom is 0.253 e. The van der Waals surface area contributed by atoms with Crippen LogP contribution in [0.2, 0.25) is 0 Å². The minimum absolute atomic E-state index is 0.0598. The van der Waals surface area contributed by atoms with Gasteiger partial charge < -0.3 is 4.90 Å². The van der Waals surface area contributed by atoms with Crippen molar-refractivity contribution in [3.8, 4) is 0 Å². The molecule has 5 heteroatoms. The van der Waals surface area contributed by atoms with Gasteiger partial charge in [0.1, 0.15) is 0 Å². The van der Waals surface area contributed by atoms with Gasteiger partial charge in [-0.25, -0.2) is 0 Å². The zero-order valence-electron chi connectivity index (χ0n) is 12.8. The molecule has 2 aromatic rings. The maximum absolute atomic E-state index is 12.5. The lowest BCUT2D eigenvalue weighted by Gasteiger charge is -2.24. The molecule has 2 atom stereocenters. The van der Waals surface area contributed by atoms with Crippen LogP contribution in [-0.2, 0) is 10.8 Å². The molecule has 0 spiro atoms. The molecular formula is C16H20N2O2S. The van der Waals surface area contributed by atoms with Crippen LogP contribution >= 0.6 is 0 Å². The number of nitrogens with zero attached hydrogens (tertiary/aromatic N) is 2. The molecule has 21 heavy (non-hydrogen) atoms. The minimum Gasteiger partial charge on any atom is -0.338 e. The summed E-state index contributed by atoms with van der Waals surface area (Å²) in [5.74, 6) is 0.423. The van der Waals surface area contributed by atoms with E-state index in [9.17, 15) is 9.00 Å². The number of benzene rings is 1. The highest BCUT2D eigenvalue weighted by Crippen LogP contribution is 2.16. The van der Waals surface area contributed by atoms with E-state index >= 15 is 0 Å². The SMILES string of the molecule is Cc1ccc2cc(C(=O)N(C)[C@H](C)C[S@](C)=O)ccc2n1. The van der Waals surface area contributed by atoms with Crippen LogP contribution in [0.4, 0.5) is 0 Å². The summed E-state index contributed by atoms with van der Waals surface area (Å²) in [7, 11) is 0.829. The highest BCUT2D eigenvalue weighted by Gasteiger charge is 2.18. The van der Waals surface area contributed by atoms with E-state index in [0.717, 1.165) is 16.6 Å². The van der Waals surface area contributed by atoms with Crippen LogP contribution in [0.25, 0.3) is 10.9 Å². The number of rotatable bonds is 4. The normalized spacial score (nSPS) is 13.9. The van der Waals surface area contributed by atoms with E-state index in [2.05, 4.69) is 4.98 Å². The Hall–Kier alpha value is -1.75. The van der Waals surface area contributed by atoms with Gasteiger partial charge in [0.25, 0.3) is 5.91 Å². The van der Waals surface area contributed by atoms with E-state index in [1.807, 2.05) is 38.1 Å². The van der Waals surface area contributed by atoms with Crippen LogP contribution in [-0.4, -0.2) is 45.1 Å². The molecule has 0 N–H and O–H groups in total. The molecule has 1 amide bonds. The predicted molar refractivity (Wildman–Crippen MR) is 87.0 cm³/mol. The van der Waals surface area contributed by atoms with E-state index in [4.69, 9.17) is 0 Å². The molecule has 0 aliphatic carbocycles. The summed E-state index contributed by atoms with van der Waals surface area (Å²) < 4.78 is 11.3. The van der Waals surface area contributed by atoms with E-state index < -0.39 is 10.8 Å². The average molecular weight is 304 g/mol. The fraction of sp³-hybridized carbons (Fsp3) is 0.375. The number of aryl methyl sites for hydroxylation is 1. The van der Waals surface area contributed by atoms with Gasteiger partial charge in [-0.05, 0) is 38.1 Å². The highest BCUT2D eigenvalue weighted by atomic mass is 32.2. The van der Waals surface area contributed by atoms with Gasteiger partial charge >= 0.3 is 0 Å². The smallest absolute Gasteiger partial charge is 0.253 e. The van der Waals surface area contributed by atoms with Gasteiger partial charge in [0.05, 0.1) is 5.52 Å². The summed E-state index contributed by atoms with van der Waals surface area (Å²) in [6.07, 6.45) is 1.65. The third kappa shape index (κ3) is 3.67. The second kappa shape index (κ2) is 6.35. The van der Waals surface area contributed by atoms with Crippen molar-refractivity contribution in [1.29, 1.82) is 0 Å². The molecule has 2 rings (SSSR count). The van der Waals surface area contributed by atoms with Crippen LogP contribution in [0.15, 0.2) is 30.3 Å². The zero-order chi connectivity index (χ0) is 15.6. The molecule has 0 aliphatic rings. The second-order valence-electron chi connectivity index (χ2n) is 5.37. The first-order valence-corrected chi connectivity index (χ1v) is 8.56. The third-order valence-electron chi connectivity index (χ3n) is 3.53. The van der Waals surface area contributed by atoms with Crippen LogP contribution in [0.5, 0.6) is 0 Å². The molecule has 1 aromatic carbocycles. The van der Waals surface area contributed by atoms with Crippen molar-refractivity contribution in [1.82, 2.24) is 9.88 Å². The van der Waals surface area contributed by atoms with Crippen molar-refractivity contribution in [3.05, 3.63) is 41.6 Å². The van der Waals surface area contributed by atoms with Crippen molar-refractivity contribution < 1.29 is 9.00 Å². The first-order valence-electron chi connectivity index (χ1n) is 6.83. The molecule has 4 nitrogen and oxygen atoms in total. The number of hydrogen-bond acceptors (Lipinski definition) is 3. The molecule has 0 aliphatic heterocycles. The Kier molecular flexibility index (Phi) is 4.73. The topological polar surface area (TPSA) is 50.3 Å². The summed E-state index contributed by atoms with van der Waals surface area (Å²) in [6, 6.07) is 9.36. The summed E-state index contributed by atoms with van der Waals surface area (Å²) in [5, 5.41) is 0.951. The van der Waals surface area contributed by atoms with Crippen LogP contribution < -0.4 is 0 Å². The van der Waals surface area contributed by atoms with Gasteiger partial charge in [-0.15, -0.1) is 0 Å². The fourth-order valence-corrected chi connectivity index (χ4v) is 3.12. The van der Waals surface area contributed by atoms with Crippen LogP contribution in [0.3, 0.4) is 0 Å². The van der Waals surface area contributed by atoms with Gasteiger partial charge in [0.15, 0.2) is 0 Å². The lowest BCUT2D eigenvalue weighted by atomic mass is 10.1. The maximum atomic E-state index is 12.5. The Bertz CT molecular complexity index is 700. The summed E-state index contributed by atoms with van der Waals surface area (Å²) in [6.45, 7) is 3.85. The molecule has 0 bridgehead atoms. The molecule has 1 aromatic heterocycles. The average Bonchev–Trinajstić information content (AvgIpc) is 2.44. The summed E-state index contributed by atoms with van der Waals surface area (Å²) >= 11 is 0. The number of amides is 1. The predicted octanol–water partition coefficient (Wildman–Crippen LogP) is 2.38. The molecule has 0 fully saturated rings. The Morgan fingerprint density at radius 3 is 2.71 bits per heavy atom. The Balaban J connectivity index is 2.26. The van der Waals surface area contributed by atoms with Crippen molar-refractivity contribution in [3.63, 3.8) is 0 Å². The van der Waals surface area contributed by atoms with Gasteiger partial charge in [0, 0.05) is 52.5 Å². The van der Waals surface area contributed by atoms with Gasteiger partial charge in [-0.2, -0.15) is 0 Å². The second-order valence-corrected chi connectivity index (χ2v) is 6.84. The Morgan fingerprint density at radius 2 is 2.05 bits per heavy atom. The van der Waals surface area contributed by atoms with Gasteiger partial charge in [-0.3, -0.25) is 14.0 Å². The van der Waals surface area contributed by atoms with Crippen molar-refractivity contribution in [2.75, 3.05) is 19.1 Å². The van der Waals surface area contributed by atoms with Crippen LogP contribution in [0.1, 0.15) is 23.0 Å². The lowest BCUT2D eigenvalue weighted by Crippen LogP contribution is -2.38. The monoisotopic (exact) mass is 304 g/mol. The van der Waals surface area contributed by atoms with Crippen LogP contribution in [0, 0.1) is 6.92 Å². The fourth-order valence-electron chi connectivity index (χ4n) is 2.22. The van der Waals surface area contributed by atoms with Gasteiger partial charge in [-0.1, -0.05) is 6.07 Å². The van der Waals surface area contributed by atoms with E-state index in [1.165, 1.54) is 0 Å². The third-order valence-corrected chi connectivity index (χ3v) is 4.48. The Labute approximate surface area is 127 Å². The van der Waals surface area contributed by atoms with E-state index in [1.54, 1.807) is 24.3 Å².